The fourth-order valence-corrected chi connectivity index (χ4v) is 4.70. The highest BCUT2D eigenvalue weighted by Crippen LogP contribution is 2.42. The minimum Gasteiger partial charge on any atom is -0.465 e. The number of nitrogens with zero attached hydrogens (tertiary/aromatic N) is 1. The molecule has 1 aliphatic rings. The molecular formula is C27H33FN2O4. The summed E-state index contributed by atoms with van der Waals surface area (Å²) in [5.74, 6) is -1.26. The van der Waals surface area contributed by atoms with E-state index in [2.05, 4.69) is 19.2 Å². The molecule has 6 nitrogen and oxygen atoms in total. The van der Waals surface area contributed by atoms with E-state index in [9.17, 15) is 18.8 Å². The van der Waals surface area contributed by atoms with Gasteiger partial charge in [-0.3, -0.25) is 9.59 Å². The van der Waals surface area contributed by atoms with Crippen molar-refractivity contribution in [2.24, 2.45) is 11.3 Å². The second-order valence-electron chi connectivity index (χ2n) is 9.91. The van der Waals surface area contributed by atoms with Gasteiger partial charge in [0.2, 0.25) is 5.91 Å². The lowest BCUT2D eigenvalue weighted by Gasteiger charge is -2.45. The fraction of sp³-hybridized carbons (Fsp3) is 0.444. The number of carbonyl (C=O) groups is 3. The third-order valence-corrected chi connectivity index (χ3v) is 6.58. The number of ether oxygens (including phenoxy) is 1. The van der Waals surface area contributed by atoms with Crippen LogP contribution < -0.4 is 5.32 Å². The quantitative estimate of drug-likeness (QED) is 0.638. The Kier molecular flexibility index (Phi) is 7.75. The third-order valence-electron chi connectivity index (χ3n) is 6.58. The Bertz CT molecular complexity index is 1050. The van der Waals surface area contributed by atoms with E-state index in [1.165, 1.54) is 25.3 Å². The van der Waals surface area contributed by atoms with Crippen LogP contribution in [0.5, 0.6) is 0 Å². The first-order valence-corrected chi connectivity index (χ1v) is 11.6. The van der Waals surface area contributed by atoms with E-state index in [-0.39, 0.29) is 40.1 Å². The number of benzene rings is 2. The molecule has 0 saturated carbocycles. The minimum atomic E-state index is -0.701. The van der Waals surface area contributed by atoms with Gasteiger partial charge in [-0.1, -0.05) is 45.9 Å². The molecule has 1 heterocycles. The number of amides is 2. The SMILES string of the molecule is COC(=O)c1cccc(C(=O)N[C@@H](C(=O)N2CC[C@H](c3ccc(F)cc3)C(C)(C)C2)C(C)C)c1. The van der Waals surface area contributed by atoms with Gasteiger partial charge in [-0.2, -0.15) is 0 Å². The zero-order valence-corrected chi connectivity index (χ0v) is 20.4. The molecule has 0 aliphatic carbocycles. The predicted molar refractivity (Wildman–Crippen MR) is 128 cm³/mol. The molecule has 1 aliphatic heterocycles. The highest BCUT2D eigenvalue weighted by atomic mass is 19.1. The van der Waals surface area contributed by atoms with Gasteiger partial charge in [0.05, 0.1) is 12.7 Å². The molecule has 0 bridgehead atoms. The van der Waals surface area contributed by atoms with Gasteiger partial charge < -0.3 is 15.0 Å². The molecule has 2 atom stereocenters. The lowest BCUT2D eigenvalue weighted by atomic mass is 9.70. The number of piperidine rings is 1. The van der Waals surface area contributed by atoms with Gasteiger partial charge in [-0.25, -0.2) is 9.18 Å². The van der Waals surface area contributed by atoms with Crippen molar-refractivity contribution in [3.63, 3.8) is 0 Å². The van der Waals surface area contributed by atoms with E-state index >= 15 is 0 Å². The van der Waals surface area contributed by atoms with E-state index in [0.29, 0.717) is 13.1 Å². The van der Waals surface area contributed by atoms with E-state index < -0.39 is 17.9 Å². The maximum absolute atomic E-state index is 13.5. The molecule has 2 aromatic carbocycles. The number of rotatable bonds is 6. The molecular weight excluding hydrogens is 435 g/mol. The molecule has 34 heavy (non-hydrogen) atoms. The van der Waals surface area contributed by atoms with Crippen molar-refractivity contribution in [2.45, 2.75) is 46.1 Å². The second-order valence-corrected chi connectivity index (χ2v) is 9.91. The first kappa shape index (κ1) is 25.4. The number of likely N-dealkylation sites (tertiary alicyclic amines) is 1. The Morgan fingerprint density at radius 1 is 1.09 bits per heavy atom. The zero-order valence-electron chi connectivity index (χ0n) is 20.4. The molecule has 182 valence electrons. The lowest BCUT2D eigenvalue weighted by molar-refractivity contribution is -0.137. The van der Waals surface area contributed by atoms with Crippen LogP contribution >= 0.6 is 0 Å². The van der Waals surface area contributed by atoms with Crippen LogP contribution in [-0.2, 0) is 9.53 Å². The Labute approximate surface area is 200 Å². The Morgan fingerprint density at radius 2 is 1.74 bits per heavy atom. The van der Waals surface area contributed by atoms with E-state index in [4.69, 9.17) is 4.74 Å². The van der Waals surface area contributed by atoms with Gasteiger partial charge in [0, 0.05) is 18.7 Å². The summed E-state index contributed by atoms with van der Waals surface area (Å²) in [7, 11) is 1.28. The lowest BCUT2D eigenvalue weighted by Crippen LogP contribution is -2.55. The van der Waals surface area contributed by atoms with Gasteiger partial charge in [-0.15, -0.1) is 0 Å². The van der Waals surface area contributed by atoms with Gasteiger partial charge in [0.1, 0.15) is 11.9 Å². The summed E-state index contributed by atoms with van der Waals surface area (Å²) in [5, 5.41) is 2.87. The summed E-state index contributed by atoms with van der Waals surface area (Å²) < 4.78 is 18.1. The summed E-state index contributed by atoms with van der Waals surface area (Å²) in [4.78, 5) is 40.1. The number of halogens is 1. The van der Waals surface area contributed by atoms with Crippen molar-refractivity contribution in [3.05, 3.63) is 71.0 Å². The van der Waals surface area contributed by atoms with Crippen LogP contribution in [0.15, 0.2) is 48.5 Å². The molecule has 1 saturated heterocycles. The largest absolute Gasteiger partial charge is 0.465 e. The van der Waals surface area contributed by atoms with Crippen LogP contribution in [0, 0.1) is 17.2 Å². The molecule has 2 aromatic rings. The first-order valence-electron chi connectivity index (χ1n) is 11.6. The number of carbonyl (C=O) groups excluding carboxylic acids is 3. The van der Waals surface area contributed by atoms with Gasteiger partial charge in [0.15, 0.2) is 0 Å². The smallest absolute Gasteiger partial charge is 0.337 e. The predicted octanol–water partition coefficient (Wildman–Crippen LogP) is 4.41. The molecule has 7 heteroatoms. The van der Waals surface area contributed by atoms with Gasteiger partial charge in [-0.05, 0) is 59.6 Å². The van der Waals surface area contributed by atoms with Crippen LogP contribution in [0.25, 0.3) is 0 Å². The van der Waals surface area contributed by atoms with E-state index in [1.54, 1.807) is 18.2 Å². The average molecular weight is 469 g/mol. The molecule has 0 unspecified atom stereocenters. The molecule has 2 amide bonds. The Morgan fingerprint density at radius 3 is 2.32 bits per heavy atom. The standard InChI is InChI=1S/C27H33FN2O4/c1-17(2)23(29-24(31)19-7-6-8-20(15-19)26(33)34-5)25(32)30-14-13-22(27(3,4)16-30)18-9-11-21(28)12-10-18/h6-12,15,17,22-23H,13-14,16H2,1-5H3,(H,29,31)/t22-,23-/m1/s1. The molecule has 1 fully saturated rings. The van der Waals surface area contributed by atoms with E-state index in [0.717, 1.165) is 12.0 Å². The molecule has 3 rings (SSSR count). The monoisotopic (exact) mass is 468 g/mol. The molecule has 0 radical (unpaired) electrons. The Balaban J connectivity index is 1.73. The second kappa shape index (κ2) is 10.4. The minimum absolute atomic E-state index is 0.127. The van der Waals surface area contributed by atoms with Crippen molar-refractivity contribution >= 4 is 17.8 Å². The number of hydrogen-bond acceptors (Lipinski definition) is 4. The number of nitrogens with one attached hydrogen (secondary N) is 1. The summed E-state index contributed by atoms with van der Waals surface area (Å²) in [6.45, 7) is 9.10. The van der Waals surface area contributed by atoms with Crippen LogP contribution in [0.3, 0.4) is 0 Å². The van der Waals surface area contributed by atoms with Crippen molar-refractivity contribution in [1.29, 1.82) is 0 Å². The maximum Gasteiger partial charge on any atom is 0.337 e. The van der Waals surface area contributed by atoms with Crippen LogP contribution in [0.2, 0.25) is 0 Å². The summed E-state index contributed by atoms with van der Waals surface area (Å²) in [5.41, 5.74) is 1.41. The highest BCUT2D eigenvalue weighted by Gasteiger charge is 2.40. The zero-order chi connectivity index (χ0) is 25.0. The van der Waals surface area contributed by atoms with Crippen LogP contribution in [-0.4, -0.2) is 48.9 Å². The van der Waals surface area contributed by atoms with Gasteiger partial charge >= 0.3 is 5.97 Å². The van der Waals surface area contributed by atoms with Crippen molar-refractivity contribution in [1.82, 2.24) is 10.2 Å². The number of esters is 1. The van der Waals surface area contributed by atoms with Crippen molar-refractivity contribution < 1.29 is 23.5 Å². The molecule has 1 N–H and O–H groups in total. The van der Waals surface area contributed by atoms with Crippen LogP contribution in [0.1, 0.15) is 66.3 Å². The van der Waals surface area contributed by atoms with Crippen LogP contribution in [0.4, 0.5) is 4.39 Å². The fourth-order valence-electron chi connectivity index (χ4n) is 4.70. The third kappa shape index (κ3) is 5.64. The van der Waals surface area contributed by atoms with E-state index in [1.807, 2.05) is 30.9 Å². The summed E-state index contributed by atoms with van der Waals surface area (Å²) in [6, 6.07) is 12.1. The first-order chi connectivity index (χ1) is 16.0. The number of hydrogen-bond donors (Lipinski definition) is 1. The number of methoxy groups -OCH3 is 1. The highest BCUT2D eigenvalue weighted by molar-refractivity contribution is 6.00. The summed E-state index contributed by atoms with van der Waals surface area (Å²) >= 11 is 0. The normalized spacial score (nSPS) is 18.3. The average Bonchev–Trinajstić information content (AvgIpc) is 2.81. The topological polar surface area (TPSA) is 75.7 Å². The summed E-state index contributed by atoms with van der Waals surface area (Å²) in [6.07, 6.45) is 0.754. The van der Waals surface area contributed by atoms with Gasteiger partial charge in [0.25, 0.3) is 5.91 Å². The Hall–Kier alpha value is -3.22. The molecule has 0 aromatic heterocycles. The molecule has 0 spiro atoms. The van der Waals surface area contributed by atoms with Crippen molar-refractivity contribution in [2.75, 3.05) is 20.2 Å². The maximum atomic E-state index is 13.5. The van der Waals surface area contributed by atoms with Crippen molar-refractivity contribution in [3.8, 4) is 0 Å².